The van der Waals surface area contributed by atoms with Crippen LogP contribution in [0, 0.1) is 10.1 Å². The lowest BCUT2D eigenvalue weighted by atomic mass is 9.94. The van der Waals surface area contributed by atoms with E-state index in [0.717, 1.165) is 18.2 Å². The van der Waals surface area contributed by atoms with Gasteiger partial charge in [0.25, 0.3) is 5.69 Å². The molecule has 1 aromatic carbocycles. The molecular weight excluding hydrogens is 228 g/mol. The van der Waals surface area contributed by atoms with Gasteiger partial charge in [0.15, 0.2) is 0 Å². The number of quaternary nitrogens is 1. The van der Waals surface area contributed by atoms with Crippen LogP contribution in [0.2, 0.25) is 0 Å². The van der Waals surface area contributed by atoms with Crippen molar-refractivity contribution in [3.05, 3.63) is 39.9 Å². The number of hydrogen-bond donors (Lipinski definition) is 1. The topological polar surface area (TPSA) is 47.6 Å². The Balaban J connectivity index is 1.99. The summed E-state index contributed by atoms with van der Waals surface area (Å²) >= 11 is 0. The fourth-order valence-electron chi connectivity index (χ4n) is 2.84. The lowest BCUT2D eigenvalue weighted by molar-refractivity contribution is -0.921. The highest BCUT2D eigenvalue weighted by atomic mass is 16.6. The maximum Gasteiger partial charge on any atom is 0.269 e. The third kappa shape index (κ3) is 3.29. The van der Waals surface area contributed by atoms with Crippen molar-refractivity contribution in [1.82, 2.24) is 0 Å². The summed E-state index contributed by atoms with van der Waals surface area (Å²) in [6, 6.07) is 7.74. The van der Waals surface area contributed by atoms with E-state index in [4.69, 9.17) is 0 Å². The first-order chi connectivity index (χ1) is 8.66. The second kappa shape index (κ2) is 5.96. The van der Waals surface area contributed by atoms with Gasteiger partial charge < -0.3 is 4.90 Å². The minimum absolute atomic E-state index is 0.198. The van der Waals surface area contributed by atoms with E-state index < -0.39 is 0 Å². The lowest BCUT2D eigenvalue weighted by Gasteiger charge is -2.28. The van der Waals surface area contributed by atoms with Crippen molar-refractivity contribution < 1.29 is 9.82 Å². The van der Waals surface area contributed by atoms with E-state index in [2.05, 4.69) is 7.05 Å². The van der Waals surface area contributed by atoms with Crippen molar-refractivity contribution in [2.75, 3.05) is 7.05 Å². The molecule has 4 heteroatoms. The molecule has 0 spiro atoms. The maximum absolute atomic E-state index is 10.7. The predicted octanol–water partition coefficient (Wildman–Crippen LogP) is 1.94. The van der Waals surface area contributed by atoms with Crippen LogP contribution in [0.1, 0.15) is 37.7 Å². The molecule has 0 amide bonds. The molecule has 4 nitrogen and oxygen atoms in total. The zero-order valence-electron chi connectivity index (χ0n) is 10.9. The summed E-state index contributed by atoms with van der Waals surface area (Å²) in [6.45, 7) is 0.881. The fraction of sp³-hybridized carbons (Fsp3) is 0.571. The molecule has 1 aliphatic rings. The van der Waals surface area contributed by atoms with E-state index in [-0.39, 0.29) is 10.6 Å². The molecule has 0 aliphatic heterocycles. The van der Waals surface area contributed by atoms with Crippen LogP contribution in [-0.4, -0.2) is 18.0 Å². The maximum atomic E-state index is 10.7. The fourth-order valence-corrected chi connectivity index (χ4v) is 2.84. The molecule has 1 aliphatic carbocycles. The van der Waals surface area contributed by atoms with Crippen LogP contribution in [0.25, 0.3) is 0 Å². The van der Waals surface area contributed by atoms with Crippen molar-refractivity contribution in [2.24, 2.45) is 0 Å². The number of non-ortho nitro benzene ring substituents is 1. The van der Waals surface area contributed by atoms with Gasteiger partial charge in [0.2, 0.25) is 0 Å². The van der Waals surface area contributed by atoms with Gasteiger partial charge in [0.1, 0.15) is 6.54 Å². The SMILES string of the molecule is C[NH+](Cc1cccc([N+](=O)[O-])c1)C1CCCCC1. The van der Waals surface area contributed by atoms with Crippen molar-refractivity contribution >= 4 is 5.69 Å². The van der Waals surface area contributed by atoms with Gasteiger partial charge in [0, 0.05) is 17.7 Å². The molecule has 1 N–H and O–H groups in total. The molecule has 1 fully saturated rings. The highest BCUT2D eigenvalue weighted by molar-refractivity contribution is 5.33. The minimum atomic E-state index is -0.320. The van der Waals surface area contributed by atoms with Crippen LogP contribution in [0.5, 0.6) is 0 Å². The van der Waals surface area contributed by atoms with E-state index in [1.54, 1.807) is 18.2 Å². The van der Waals surface area contributed by atoms with Crippen molar-refractivity contribution in [3.8, 4) is 0 Å². The molecule has 0 bridgehead atoms. The smallest absolute Gasteiger partial charge is 0.269 e. The Morgan fingerprint density at radius 3 is 2.72 bits per heavy atom. The molecule has 1 unspecified atom stereocenters. The predicted molar refractivity (Wildman–Crippen MR) is 70.6 cm³/mol. The molecule has 2 rings (SSSR count). The van der Waals surface area contributed by atoms with Crippen LogP contribution in [0.4, 0.5) is 5.69 Å². The van der Waals surface area contributed by atoms with Gasteiger partial charge in [-0.05, 0) is 25.7 Å². The zero-order valence-corrected chi connectivity index (χ0v) is 10.9. The number of nitrogens with zero attached hydrogens (tertiary/aromatic N) is 1. The second-order valence-corrected chi connectivity index (χ2v) is 5.29. The van der Waals surface area contributed by atoms with Crippen LogP contribution in [0.15, 0.2) is 24.3 Å². The van der Waals surface area contributed by atoms with E-state index in [1.165, 1.54) is 37.0 Å². The molecular formula is C14H21N2O2+. The van der Waals surface area contributed by atoms with Crippen LogP contribution in [-0.2, 0) is 6.54 Å². The normalized spacial score (nSPS) is 18.5. The number of hydrogen-bond acceptors (Lipinski definition) is 2. The third-order valence-electron chi connectivity index (χ3n) is 3.91. The molecule has 18 heavy (non-hydrogen) atoms. The lowest BCUT2D eigenvalue weighted by Crippen LogP contribution is -3.11. The van der Waals surface area contributed by atoms with Crippen LogP contribution in [0.3, 0.4) is 0 Å². The monoisotopic (exact) mass is 249 g/mol. The Morgan fingerprint density at radius 1 is 1.33 bits per heavy atom. The summed E-state index contributed by atoms with van der Waals surface area (Å²) in [5.74, 6) is 0. The summed E-state index contributed by atoms with van der Waals surface area (Å²) in [6.07, 6.45) is 6.61. The van der Waals surface area contributed by atoms with Crippen LogP contribution < -0.4 is 4.90 Å². The van der Waals surface area contributed by atoms with Gasteiger partial charge in [-0.25, -0.2) is 0 Å². The third-order valence-corrected chi connectivity index (χ3v) is 3.91. The molecule has 0 radical (unpaired) electrons. The summed E-state index contributed by atoms with van der Waals surface area (Å²) in [5.41, 5.74) is 1.26. The Morgan fingerprint density at radius 2 is 2.06 bits per heavy atom. The highest BCUT2D eigenvalue weighted by Crippen LogP contribution is 2.16. The molecule has 1 atom stereocenters. The van der Waals surface area contributed by atoms with Gasteiger partial charge in [-0.1, -0.05) is 18.6 Å². The van der Waals surface area contributed by atoms with Gasteiger partial charge >= 0.3 is 0 Å². The first kappa shape index (κ1) is 13.0. The number of nitrogens with one attached hydrogen (secondary N) is 1. The molecule has 0 aromatic heterocycles. The summed E-state index contributed by atoms with van der Waals surface area (Å²) < 4.78 is 0. The van der Waals surface area contributed by atoms with E-state index in [1.807, 2.05) is 6.07 Å². The Kier molecular flexibility index (Phi) is 4.31. The number of rotatable bonds is 4. The summed E-state index contributed by atoms with van der Waals surface area (Å²) in [5, 5.41) is 10.7. The quantitative estimate of drug-likeness (QED) is 0.655. The molecule has 0 saturated heterocycles. The molecule has 1 aromatic rings. The van der Waals surface area contributed by atoms with Gasteiger partial charge in [0.05, 0.1) is 18.0 Å². The number of benzene rings is 1. The average Bonchev–Trinajstić information content (AvgIpc) is 2.40. The average molecular weight is 249 g/mol. The summed E-state index contributed by atoms with van der Waals surface area (Å²) in [4.78, 5) is 11.9. The molecule has 1 saturated carbocycles. The summed E-state index contributed by atoms with van der Waals surface area (Å²) in [7, 11) is 2.20. The standard InChI is InChI=1S/C14H20N2O2/c1-15(13-7-3-2-4-8-13)11-12-6-5-9-14(10-12)16(17)18/h5-6,9-10,13H,2-4,7-8,11H2,1H3/p+1. The molecule has 0 heterocycles. The van der Waals surface area contributed by atoms with Crippen LogP contribution >= 0.6 is 0 Å². The van der Waals surface area contributed by atoms with Crippen molar-refractivity contribution in [2.45, 2.75) is 44.7 Å². The first-order valence-electron chi connectivity index (χ1n) is 6.72. The Labute approximate surface area is 108 Å². The first-order valence-corrected chi connectivity index (χ1v) is 6.72. The van der Waals surface area contributed by atoms with E-state index in [9.17, 15) is 10.1 Å². The van der Waals surface area contributed by atoms with Crippen molar-refractivity contribution in [1.29, 1.82) is 0 Å². The highest BCUT2D eigenvalue weighted by Gasteiger charge is 2.21. The van der Waals surface area contributed by atoms with Gasteiger partial charge in [-0.15, -0.1) is 0 Å². The largest absolute Gasteiger partial charge is 0.331 e. The van der Waals surface area contributed by atoms with E-state index >= 15 is 0 Å². The number of nitro benzene ring substituents is 1. The second-order valence-electron chi connectivity index (χ2n) is 5.29. The van der Waals surface area contributed by atoms with Gasteiger partial charge in [-0.2, -0.15) is 0 Å². The zero-order chi connectivity index (χ0) is 13.0. The minimum Gasteiger partial charge on any atom is -0.331 e. The molecule has 98 valence electrons. The Hall–Kier alpha value is -1.42. The Bertz CT molecular complexity index is 414. The van der Waals surface area contributed by atoms with E-state index in [0.29, 0.717) is 0 Å². The number of nitro groups is 1. The van der Waals surface area contributed by atoms with Crippen molar-refractivity contribution in [3.63, 3.8) is 0 Å². The van der Waals surface area contributed by atoms with Gasteiger partial charge in [-0.3, -0.25) is 10.1 Å².